The molecule has 3 aromatic rings. The SMILES string of the molecule is CCCC(C(=O)OC(C)(C)C)[C@H](Cc1ccc(B2OC(C)(C)C(C)(C)O2)cc1)c1nnnn1Cc1ccc(OC)cc1. The number of rotatable bonds is 11. The first-order valence-corrected chi connectivity index (χ1v) is 14.8. The van der Waals surface area contributed by atoms with Gasteiger partial charge >= 0.3 is 13.1 Å². The fraction of sp³-hybridized carbons (Fsp3) is 0.562. The predicted molar refractivity (Wildman–Crippen MR) is 163 cm³/mol. The highest BCUT2D eigenvalue weighted by molar-refractivity contribution is 6.62. The summed E-state index contributed by atoms with van der Waals surface area (Å²) in [6.07, 6.45) is 2.04. The van der Waals surface area contributed by atoms with Crippen molar-refractivity contribution in [3.05, 3.63) is 65.5 Å². The molecule has 0 N–H and O–H groups in total. The average Bonchev–Trinajstić information content (AvgIpc) is 3.46. The van der Waals surface area contributed by atoms with Crippen molar-refractivity contribution < 1.29 is 23.6 Å². The molecule has 1 aliphatic rings. The maximum absolute atomic E-state index is 13.6. The van der Waals surface area contributed by atoms with E-state index in [-0.39, 0.29) is 11.9 Å². The third-order valence-electron chi connectivity index (χ3n) is 8.14. The predicted octanol–water partition coefficient (Wildman–Crippen LogP) is 5.11. The Hall–Kier alpha value is -3.24. The molecular weight excluding hydrogens is 531 g/mol. The fourth-order valence-electron chi connectivity index (χ4n) is 5.12. The van der Waals surface area contributed by atoms with Crippen LogP contribution in [0.15, 0.2) is 48.5 Å². The fourth-order valence-corrected chi connectivity index (χ4v) is 5.12. The normalized spacial score (nSPS) is 17.6. The number of methoxy groups -OCH3 is 1. The van der Waals surface area contributed by atoms with Gasteiger partial charge in [-0.25, -0.2) is 4.68 Å². The number of carbonyl (C=O) groups is 1. The van der Waals surface area contributed by atoms with Gasteiger partial charge in [-0.15, -0.1) is 5.10 Å². The van der Waals surface area contributed by atoms with Crippen molar-refractivity contribution in [2.45, 2.75) is 104 Å². The highest BCUT2D eigenvalue weighted by Crippen LogP contribution is 2.37. The zero-order valence-electron chi connectivity index (χ0n) is 26.5. The Morgan fingerprint density at radius 2 is 1.57 bits per heavy atom. The first kappa shape index (κ1) is 31.7. The molecule has 2 atom stereocenters. The second-order valence-electron chi connectivity index (χ2n) is 13.1. The summed E-state index contributed by atoms with van der Waals surface area (Å²) < 4.78 is 25.5. The summed E-state index contributed by atoms with van der Waals surface area (Å²) in [6, 6.07) is 16.0. The minimum absolute atomic E-state index is 0.234. The second-order valence-corrected chi connectivity index (χ2v) is 13.1. The third-order valence-corrected chi connectivity index (χ3v) is 8.14. The van der Waals surface area contributed by atoms with Gasteiger partial charge in [0.05, 0.1) is 30.8 Å². The van der Waals surface area contributed by atoms with Crippen LogP contribution >= 0.6 is 0 Å². The lowest BCUT2D eigenvalue weighted by molar-refractivity contribution is -0.161. The van der Waals surface area contributed by atoms with E-state index < -0.39 is 29.8 Å². The largest absolute Gasteiger partial charge is 0.497 e. The maximum Gasteiger partial charge on any atom is 0.494 e. The van der Waals surface area contributed by atoms with Crippen molar-refractivity contribution in [2.75, 3.05) is 7.11 Å². The second kappa shape index (κ2) is 12.6. The lowest BCUT2D eigenvalue weighted by Crippen LogP contribution is -2.41. The Balaban J connectivity index is 1.65. The minimum Gasteiger partial charge on any atom is -0.497 e. The van der Waals surface area contributed by atoms with Gasteiger partial charge in [0.2, 0.25) is 0 Å². The van der Waals surface area contributed by atoms with Crippen LogP contribution < -0.4 is 10.2 Å². The van der Waals surface area contributed by atoms with Gasteiger partial charge in [-0.1, -0.05) is 49.7 Å². The Morgan fingerprint density at radius 3 is 2.12 bits per heavy atom. The molecule has 10 heteroatoms. The molecule has 2 aromatic carbocycles. The third kappa shape index (κ3) is 7.39. The van der Waals surface area contributed by atoms with Gasteiger partial charge in [0.1, 0.15) is 11.4 Å². The zero-order valence-corrected chi connectivity index (χ0v) is 26.5. The van der Waals surface area contributed by atoms with Crippen molar-refractivity contribution in [3.8, 4) is 5.75 Å². The van der Waals surface area contributed by atoms with Crippen molar-refractivity contribution in [2.24, 2.45) is 5.92 Å². The smallest absolute Gasteiger partial charge is 0.494 e. The summed E-state index contributed by atoms with van der Waals surface area (Å²) in [5, 5.41) is 12.8. The van der Waals surface area contributed by atoms with Crippen LogP contribution in [0.4, 0.5) is 0 Å². The minimum atomic E-state index is -0.604. The van der Waals surface area contributed by atoms with E-state index in [0.717, 1.165) is 28.8 Å². The molecule has 0 saturated carbocycles. The van der Waals surface area contributed by atoms with E-state index in [0.29, 0.717) is 25.2 Å². The maximum atomic E-state index is 13.6. The van der Waals surface area contributed by atoms with Gasteiger partial charge in [0.25, 0.3) is 0 Å². The molecule has 9 nitrogen and oxygen atoms in total. The van der Waals surface area contributed by atoms with Gasteiger partial charge in [-0.2, -0.15) is 0 Å². The molecule has 1 unspecified atom stereocenters. The summed E-state index contributed by atoms with van der Waals surface area (Å²) in [4.78, 5) is 13.6. The number of esters is 1. The van der Waals surface area contributed by atoms with Gasteiger partial charge in [0, 0.05) is 5.92 Å². The highest BCUT2D eigenvalue weighted by Gasteiger charge is 2.51. The van der Waals surface area contributed by atoms with Gasteiger partial charge in [0.15, 0.2) is 5.82 Å². The van der Waals surface area contributed by atoms with E-state index >= 15 is 0 Å². The summed E-state index contributed by atoms with van der Waals surface area (Å²) in [6.45, 7) is 16.4. The molecule has 2 heterocycles. The molecule has 4 rings (SSSR count). The van der Waals surface area contributed by atoms with Crippen LogP contribution in [0.1, 0.15) is 91.1 Å². The molecule has 0 spiro atoms. The molecule has 42 heavy (non-hydrogen) atoms. The highest BCUT2D eigenvalue weighted by atomic mass is 16.7. The Kier molecular flexibility index (Phi) is 9.47. The van der Waals surface area contributed by atoms with Gasteiger partial charge < -0.3 is 18.8 Å². The van der Waals surface area contributed by atoms with Gasteiger partial charge in [-0.05, 0) is 100 Å². The first-order valence-electron chi connectivity index (χ1n) is 14.8. The molecule has 0 amide bonds. The topological polar surface area (TPSA) is 97.6 Å². The average molecular weight is 577 g/mol. The molecule has 1 saturated heterocycles. The first-order chi connectivity index (χ1) is 19.7. The number of hydrogen-bond donors (Lipinski definition) is 0. The van der Waals surface area contributed by atoms with Crippen LogP contribution in [-0.2, 0) is 31.8 Å². The number of ether oxygens (including phenoxy) is 2. The molecule has 1 aromatic heterocycles. The molecule has 0 aliphatic carbocycles. The molecular formula is C32H45BN4O5. The van der Waals surface area contributed by atoms with Gasteiger partial charge in [-0.3, -0.25) is 4.79 Å². The monoisotopic (exact) mass is 576 g/mol. The van der Waals surface area contributed by atoms with E-state index in [1.54, 1.807) is 11.8 Å². The zero-order chi connectivity index (χ0) is 30.7. The molecule has 226 valence electrons. The summed E-state index contributed by atoms with van der Waals surface area (Å²) >= 11 is 0. The van der Waals surface area contributed by atoms with E-state index in [9.17, 15) is 4.79 Å². The number of tetrazole rings is 1. The molecule has 0 bridgehead atoms. The van der Waals surface area contributed by atoms with Crippen molar-refractivity contribution in [1.82, 2.24) is 20.2 Å². The Bertz CT molecular complexity index is 1320. The van der Waals surface area contributed by atoms with Crippen LogP contribution in [0.2, 0.25) is 0 Å². The number of nitrogens with zero attached hydrogens (tertiary/aromatic N) is 4. The summed E-state index contributed by atoms with van der Waals surface area (Å²) in [5.74, 6) is 0.492. The van der Waals surface area contributed by atoms with Crippen LogP contribution in [0, 0.1) is 5.92 Å². The standard InChI is InChI=1S/C32H45BN4O5/c1-10-11-26(29(38)40-30(2,3)4)27(28-34-35-36-37(28)21-23-14-18-25(39-9)19-15-23)20-22-12-16-24(17-13-22)33-41-31(5,6)32(7,8)42-33/h12-19,26-27H,10-11,20-21H2,1-9H3/t26?,27-/m0/s1. The Labute approximate surface area is 250 Å². The van der Waals surface area contributed by atoms with Crippen LogP contribution in [0.5, 0.6) is 5.75 Å². The van der Waals surface area contributed by atoms with E-state index in [1.165, 1.54) is 0 Å². The van der Waals surface area contributed by atoms with Crippen molar-refractivity contribution >= 4 is 18.6 Å². The van der Waals surface area contributed by atoms with E-state index in [2.05, 4.69) is 34.6 Å². The lowest BCUT2D eigenvalue weighted by atomic mass is 9.77. The van der Waals surface area contributed by atoms with Crippen molar-refractivity contribution in [1.29, 1.82) is 0 Å². The summed E-state index contributed by atoms with van der Waals surface area (Å²) in [5.41, 5.74) is 1.61. The number of carbonyl (C=O) groups excluding carboxylic acids is 1. The van der Waals surface area contributed by atoms with E-state index in [1.807, 2.05) is 84.9 Å². The number of aromatic nitrogens is 4. The molecule has 0 radical (unpaired) electrons. The summed E-state index contributed by atoms with van der Waals surface area (Å²) in [7, 11) is 1.21. The van der Waals surface area contributed by atoms with Crippen LogP contribution in [0.25, 0.3) is 0 Å². The van der Waals surface area contributed by atoms with Crippen molar-refractivity contribution in [3.63, 3.8) is 0 Å². The number of hydrogen-bond acceptors (Lipinski definition) is 8. The number of benzene rings is 2. The lowest BCUT2D eigenvalue weighted by Gasteiger charge is -2.32. The van der Waals surface area contributed by atoms with Crippen LogP contribution in [0.3, 0.4) is 0 Å². The van der Waals surface area contributed by atoms with Crippen LogP contribution in [-0.4, -0.2) is 57.2 Å². The molecule has 1 aliphatic heterocycles. The molecule has 1 fully saturated rings. The Morgan fingerprint density at radius 1 is 0.976 bits per heavy atom. The quantitative estimate of drug-likeness (QED) is 0.229. The van der Waals surface area contributed by atoms with E-state index in [4.69, 9.17) is 18.8 Å².